The molecule has 4 heteroatoms. The summed E-state index contributed by atoms with van der Waals surface area (Å²) >= 11 is 0. The first kappa shape index (κ1) is 15.1. The summed E-state index contributed by atoms with van der Waals surface area (Å²) in [4.78, 5) is 0. The van der Waals surface area contributed by atoms with E-state index in [1.165, 1.54) is 25.7 Å². The Morgan fingerprint density at radius 2 is 2.00 bits per heavy atom. The molecule has 1 unspecified atom stereocenters. The Labute approximate surface area is 120 Å². The molecule has 20 heavy (non-hydrogen) atoms. The fraction of sp³-hybridized carbons (Fsp3) is 0.625. The smallest absolute Gasteiger partial charge is 0.161 e. The van der Waals surface area contributed by atoms with Gasteiger partial charge in [-0.2, -0.15) is 0 Å². The number of hydrogen-bond acceptors (Lipinski definition) is 4. The van der Waals surface area contributed by atoms with Gasteiger partial charge in [0.25, 0.3) is 0 Å². The maximum Gasteiger partial charge on any atom is 0.161 e. The van der Waals surface area contributed by atoms with E-state index >= 15 is 0 Å². The highest BCUT2D eigenvalue weighted by Gasteiger charge is 2.19. The summed E-state index contributed by atoms with van der Waals surface area (Å²) in [5, 5.41) is 19.2. The van der Waals surface area contributed by atoms with Crippen LogP contribution in [0.25, 0.3) is 0 Å². The van der Waals surface area contributed by atoms with Crippen molar-refractivity contribution in [2.45, 2.75) is 44.8 Å². The third-order valence-corrected chi connectivity index (χ3v) is 3.92. The van der Waals surface area contributed by atoms with Gasteiger partial charge in [0.1, 0.15) is 6.61 Å². The predicted molar refractivity (Wildman–Crippen MR) is 77.0 cm³/mol. The molecule has 0 saturated heterocycles. The molecule has 4 nitrogen and oxygen atoms in total. The maximum absolute atomic E-state index is 10.0. The molecule has 0 spiro atoms. The Morgan fingerprint density at radius 3 is 2.65 bits per heavy atom. The summed E-state index contributed by atoms with van der Waals surface area (Å²) in [6.45, 7) is 0.229. The van der Waals surface area contributed by atoms with E-state index in [1.807, 2.05) is 0 Å². The fourth-order valence-electron chi connectivity index (χ4n) is 2.82. The second-order valence-electron chi connectivity index (χ2n) is 5.49. The minimum atomic E-state index is -0.444. The third kappa shape index (κ3) is 4.12. The van der Waals surface area contributed by atoms with E-state index in [1.54, 1.807) is 25.3 Å². The van der Waals surface area contributed by atoms with Crippen LogP contribution in [0.1, 0.15) is 37.7 Å². The van der Waals surface area contributed by atoms with E-state index in [4.69, 9.17) is 14.6 Å². The molecule has 1 aliphatic rings. The molecule has 1 saturated carbocycles. The van der Waals surface area contributed by atoms with Crippen LogP contribution in [0.2, 0.25) is 0 Å². The Kier molecular flexibility index (Phi) is 5.68. The van der Waals surface area contributed by atoms with Crippen molar-refractivity contribution in [3.05, 3.63) is 23.8 Å². The molecule has 1 fully saturated rings. The van der Waals surface area contributed by atoms with Crippen LogP contribution in [-0.2, 0) is 6.61 Å². The van der Waals surface area contributed by atoms with Crippen molar-refractivity contribution in [2.24, 2.45) is 5.92 Å². The molecular formula is C16H24O4. The molecule has 1 atom stereocenters. The Bertz CT molecular complexity index is 413. The standard InChI is InChI=1S/C16H24O4/c1-19-15-7-6-13(10-17)9-16(15)20-11-14(18)8-12-4-2-3-5-12/h6-7,9,12,14,17-18H,2-5,8,10-11H2,1H3. The van der Waals surface area contributed by atoms with Crippen LogP contribution in [-0.4, -0.2) is 30.0 Å². The van der Waals surface area contributed by atoms with E-state index in [-0.39, 0.29) is 13.2 Å². The molecule has 0 aromatic heterocycles. The zero-order chi connectivity index (χ0) is 14.4. The maximum atomic E-state index is 10.0. The van der Waals surface area contributed by atoms with Crippen molar-refractivity contribution in [2.75, 3.05) is 13.7 Å². The van der Waals surface area contributed by atoms with E-state index in [9.17, 15) is 5.11 Å². The predicted octanol–water partition coefficient (Wildman–Crippen LogP) is 2.51. The lowest BCUT2D eigenvalue weighted by Crippen LogP contribution is -2.20. The van der Waals surface area contributed by atoms with Crippen LogP contribution < -0.4 is 9.47 Å². The summed E-state index contributed by atoms with van der Waals surface area (Å²) in [6, 6.07) is 5.31. The van der Waals surface area contributed by atoms with Gasteiger partial charge in [0.2, 0.25) is 0 Å². The summed E-state index contributed by atoms with van der Waals surface area (Å²) in [5.41, 5.74) is 0.770. The Morgan fingerprint density at radius 1 is 1.25 bits per heavy atom. The fourth-order valence-corrected chi connectivity index (χ4v) is 2.82. The van der Waals surface area contributed by atoms with E-state index in [0.29, 0.717) is 17.4 Å². The van der Waals surface area contributed by atoms with Gasteiger partial charge in [0, 0.05) is 0 Å². The molecule has 2 rings (SSSR count). The molecule has 0 bridgehead atoms. The molecule has 0 heterocycles. The number of benzene rings is 1. The normalized spacial score (nSPS) is 17.1. The van der Waals surface area contributed by atoms with Crippen molar-refractivity contribution in [3.63, 3.8) is 0 Å². The lowest BCUT2D eigenvalue weighted by Gasteiger charge is -2.17. The average Bonchev–Trinajstić information content (AvgIpc) is 2.97. The van der Waals surface area contributed by atoms with Crippen LogP contribution in [0.5, 0.6) is 11.5 Å². The summed E-state index contributed by atoms with van der Waals surface area (Å²) in [5.74, 6) is 1.83. The topological polar surface area (TPSA) is 58.9 Å². The highest BCUT2D eigenvalue weighted by molar-refractivity contribution is 5.42. The van der Waals surface area contributed by atoms with E-state index in [2.05, 4.69) is 0 Å². The molecule has 2 N–H and O–H groups in total. The monoisotopic (exact) mass is 280 g/mol. The molecule has 1 aliphatic carbocycles. The van der Waals surface area contributed by atoms with Crippen molar-refractivity contribution < 1.29 is 19.7 Å². The van der Waals surface area contributed by atoms with Crippen molar-refractivity contribution in [1.29, 1.82) is 0 Å². The number of ether oxygens (including phenoxy) is 2. The van der Waals surface area contributed by atoms with E-state index < -0.39 is 6.10 Å². The minimum absolute atomic E-state index is 0.0367. The van der Waals surface area contributed by atoms with Gasteiger partial charge < -0.3 is 19.7 Å². The first-order valence-corrected chi connectivity index (χ1v) is 7.31. The van der Waals surface area contributed by atoms with Crippen molar-refractivity contribution in [1.82, 2.24) is 0 Å². The zero-order valence-electron chi connectivity index (χ0n) is 12.0. The third-order valence-electron chi connectivity index (χ3n) is 3.92. The van der Waals surface area contributed by atoms with Gasteiger partial charge >= 0.3 is 0 Å². The first-order chi connectivity index (χ1) is 9.72. The number of methoxy groups -OCH3 is 1. The largest absolute Gasteiger partial charge is 0.493 e. The highest BCUT2D eigenvalue weighted by Crippen LogP contribution is 2.30. The number of aliphatic hydroxyl groups is 2. The molecule has 0 radical (unpaired) electrons. The van der Waals surface area contributed by atoms with Gasteiger partial charge in [0.15, 0.2) is 11.5 Å². The summed E-state index contributed by atoms with van der Waals surface area (Å²) in [6.07, 6.45) is 5.37. The Hall–Kier alpha value is -1.26. The molecule has 112 valence electrons. The van der Waals surface area contributed by atoms with Gasteiger partial charge in [-0.1, -0.05) is 31.7 Å². The van der Waals surface area contributed by atoms with Crippen LogP contribution in [0.4, 0.5) is 0 Å². The molecule has 0 amide bonds. The zero-order valence-corrected chi connectivity index (χ0v) is 12.0. The number of aliphatic hydroxyl groups excluding tert-OH is 2. The summed E-state index contributed by atoms with van der Waals surface area (Å²) in [7, 11) is 1.58. The highest BCUT2D eigenvalue weighted by atomic mass is 16.5. The summed E-state index contributed by atoms with van der Waals surface area (Å²) < 4.78 is 10.9. The van der Waals surface area contributed by atoms with E-state index in [0.717, 1.165) is 12.0 Å². The molecular weight excluding hydrogens is 256 g/mol. The van der Waals surface area contributed by atoms with Gasteiger partial charge in [-0.25, -0.2) is 0 Å². The molecule has 1 aromatic rings. The number of hydrogen-bond donors (Lipinski definition) is 2. The second-order valence-corrected chi connectivity index (χ2v) is 5.49. The molecule has 1 aromatic carbocycles. The quantitative estimate of drug-likeness (QED) is 0.805. The van der Waals surface area contributed by atoms with Crippen LogP contribution in [0.3, 0.4) is 0 Å². The SMILES string of the molecule is COc1ccc(CO)cc1OCC(O)CC1CCCC1. The van der Waals surface area contributed by atoms with Gasteiger partial charge in [-0.05, 0) is 30.0 Å². The average molecular weight is 280 g/mol. The minimum Gasteiger partial charge on any atom is -0.493 e. The number of rotatable bonds is 7. The lowest BCUT2D eigenvalue weighted by molar-refractivity contribution is 0.0841. The Balaban J connectivity index is 1.88. The van der Waals surface area contributed by atoms with Gasteiger partial charge in [0.05, 0.1) is 19.8 Å². The van der Waals surface area contributed by atoms with Crippen molar-refractivity contribution in [3.8, 4) is 11.5 Å². The lowest BCUT2D eigenvalue weighted by atomic mass is 10.0. The van der Waals surface area contributed by atoms with Gasteiger partial charge in [-0.15, -0.1) is 0 Å². The van der Waals surface area contributed by atoms with Gasteiger partial charge in [-0.3, -0.25) is 0 Å². The second kappa shape index (κ2) is 7.50. The first-order valence-electron chi connectivity index (χ1n) is 7.31. The van der Waals surface area contributed by atoms with Crippen molar-refractivity contribution >= 4 is 0 Å². The van der Waals surface area contributed by atoms with Crippen LogP contribution in [0.15, 0.2) is 18.2 Å². The van der Waals surface area contributed by atoms with Crippen LogP contribution in [0, 0.1) is 5.92 Å². The van der Waals surface area contributed by atoms with Crippen LogP contribution >= 0.6 is 0 Å². The molecule has 0 aliphatic heterocycles.